The first-order valence-electron chi connectivity index (χ1n) is 7.01. The molecule has 1 aromatic heterocycles. The van der Waals surface area contributed by atoms with Crippen LogP contribution in [0.2, 0.25) is 10.0 Å². The third-order valence-corrected chi connectivity index (χ3v) is 3.98. The average Bonchev–Trinajstić information content (AvgIpc) is 2.51. The van der Waals surface area contributed by atoms with Crippen LogP contribution in [0.3, 0.4) is 0 Å². The molecule has 2 rings (SSSR count). The molecule has 0 amide bonds. The standard InChI is InChI=1S/C16H17Cl2NO4/c1-3-23-16-6-10(4-5-15(16)22-2)14(20)7-11-12(17)8-19(21)9-13(11)18/h4-6,8-9,14,20H,3,7H2,1-2H3. The fraction of sp³-hybridized carbons (Fsp3) is 0.312. The highest BCUT2D eigenvalue weighted by Crippen LogP contribution is 2.33. The topological polar surface area (TPSA) is 65.6 Å². The van der Waals surface area contributed by atoms with Gasteiger partial charge in [0.15, 0.2) is 23.9 Å². The smallest absolute Gasteiger partial charge is 0.199 e. The molecule has 0 aliphatic carbocycles. The molecule has 0 fully saturated rings. The van der Waals surface area contributed by atoms with Gasteiger partial charge in [-0.15, -0.1) is 0 Å². The van der Waals surface area contributed by atoms with Crippen molar-refractivity contribution < 1.29 is 19.3 Å². The largest absolute Gasteiger partial charge is 0.619 e. The Morgan fingerprint density at radius 1 is 1.22 bits per heavy atom. The summed E-state index contributed by atoms with van der Waals surface area (Å²) in [5, 5.41) is 22.1. The lowest BCUT2D eigenvalue weighted by molar-refractivity contribution is -0.605. The van der Waals surface area contributed by atoms with E-state index in [1.807, 2.05) is 6.92 Å². The minimum Gasteiger partial charge on any atom is -0.619 e. The second kappa shape index (κ2) is 7.73. The lowest BCUT2D eigenvalue weighted by atomic mass is 10.0. The molecule has 5 nitrogen and oxygen atoms in total. The van der Waals surface area contributed by atoms with E-state index in [2.05, 4.69) is 0 Å². The second-order valence-corrected chi connectivity index (χ2v) is 5.67. The Bertz CT molecular complexity index is 671. The Hall–Kier alpha value is -1.69. The average molecular weight is 358 g/mol. The minimum absolute atomic E-state index is 0.177. The molecule has 0 radical (unpaired) electrons. The van der Waals surface area contributed by atoms with Gasteiger partial charge in [-0.2, -0.15) is 4.73 Å². The maximum absolute atomic E-state index is 11.3. The van der Waals surface area contributed by atoms with Crippen molar-refractivity contribution in [3.63, 3.8) is 0 Å². The van der Waals surface area contributed by atoms with Crippen LogP contribution in [0.25, 0.3) is 0 Å². The molecule has 2 aromatic rings. The number of aliphatic hydroxyl groups excluding tert-OH is 1. The van der Waals surface area contributed by atoms with Gasteiger partial charge in [-0.25, -0.2) is 0 Å². The molecule has 0 aliphatic rings. The normalized spacial score (nSPS) is 12.0. The number of ether oxygens (including phenoxy) is 2. The SMILES string of the molecule is CCOc1cc(C(O)Cc2c(Cl)c[n+]([O-])cc2Cl)ccc1OC. The van der Waals surface area contributed by atoms with Crippen molar-refractivity contribution in [1.29, 1.82) is 0 Å². The van der Waals surface area contributed by atoms with Gasteiger partial charge < -0.3 is 19.8 Å². The molecule has 1 atom stereocenters. The van der Waals surface area contributed by atoms with E-state index < -0.39 is 6.10 Å². The lowest BCUT2D eigenvalue weighted by Crippen LogP contribution is -2.25. The zero-order chi connectivity index (χ0) is 17.0. The molecule has 0 bridgehead atoms. The Balaban J connectivity index is 2.27. The summed E-state index contributed by atoms with van der Waals surface area (Å²) in [6, 6.07) is 5.18. The van der Waals surface area contributed by atoms with Crippen LogP contribution in [-0.4, -0.2) is 18.8 Å². The number of pyridine rings is 1. The van der Waals surface area contributed by atoms with Crippen molar-refractivity contribution in [3.8, 4) is 11.5 Å². The summed E-state index contributed by atoms with van der Waals surface area (Å²) in [7, 11) is 1.55. The number of hydrogen-bond donors (Lipinski definition) is 1. The molecule has 124 valence electrons. The van der Waals surface area contributed by atoms with Gasteiger partial charge in [0.25, 0.3) is 0 Å². The third kappa shape index (κ3) is 4.19. The zero-order valence-corrected chi connectivity index (χ0v) is 14.3. The summed E-state index contributed by atoms with van der Waals surface area (Å²) in [5.41, 5.74) is 1.15. The van der Waals surface area contributed by atoms with Gasteiger partial charge in [0.05, 0.1) is 19.8 Å². The summed E-state index contributed by atoms with van der Waals surface area (Å²) < 4.78 is 11.2. The first-order chi connectivity index (χ1) is 11.0. The van der Waals surface area contributed by atoms with Gasteiger partial charge >= 0.3 is 0 Å². The molecule has 1 heterocycles. The van der Waals surface area contributed by atoms with Crippen molar-refractivity contribution in [1.82, 2.24) is 0 Å². The van der Waals surface area contributed by atoms with Gasteiger partial charge in [-0.3, -0.25) is 0 Å². The summed E-state index contributed by atoms with van der Waals surface area (Å²) in [5.74, 6) is 1.14. The monoisotopic (exact) mass is 357 g/mol. The number of halogens is 2. The van der Waals surface area contributed by atoms with Crippen LogP contribution in [0.4, 0.5) is 0 Å². The predicted octanol–water partition coefficient (Wildman–Crippen LogP) is 3.31. The van der Waals surface area contributed by atoms with Crippen LogP contribution < -0.4 is 14.2 Å². The van der Waals surface area contributed by atoms with Crippen molar-refractivity contribution in [2.45, 2.75) is 19.4 Å². The fourth-order valence-electron chi connectivity index (χ4n) is 2.21. The van der Waals surface area contributed by atoms with Crippen molar-refractivity contribution in [3.05, 3.63) is 57.0 Å². The van der Waals surface area contributed by atoms with E-state index in [9.17, 15) is 10.3 Å². The van der Waals surface area contributed by atoms with Crippen LogP contribution >= 0.6 is 23.2 Å². The van der Waals surface area contributed by atoms with E-state index in [-0.39, 0.29) is 16.5 Å². The van der Waals surface area contributed by atoms with Gasteiger partial charge in [-0.05, 0) is 24.6 Å². The van der Waals surface area contributed by atoms with Gasteiger partial charge in [0.1, 0.15) is 10.0 Å². The van der Waals surface area contributed by atoms with Crippen molar-refractivity contribution >= 4 is 23.2 Å². The van der Waals surface area contributed by atoms with Crippen LogP contribution in [0, 0.1) is 5.21 Å². The lowest BCUT2D eigenvalue weighted by Gasteiger charge is -2.16. The number of nitrogens with zero attached hydrogens (tertiary/aromatic N) is 1. The molecule has 0 aliphatic heterocycles. The molecular weight excluding hydrogens is 341 g/mol. The van der Waals surface area contributed by atoms with E-state index >= 15 is 0 Å². The summed E-state index contributed by atoms with van der Waals surface area (Å²) >= 11 is 12.1. The van der Waals surface area contributed by atoms with Crippen molar-refractivity contribution in [2.75, 3.05) is 13.7 Å². The van der Waals surface area contributed by atoms with Crippen molar-refractivity contribution in [2.24, 2.45) is 0 Å². The molecular formula is C16H17Cl2NO4. The second-order valence-electron chi connectivity index (χ2n) is 4.86. The summed E-state index contributed by atoms with van der Waals surface area (Å²) in [6.45, 7) is 2.35. The fourth-order valence-corrected chi connectivity index (χ4v) is 2.80. The number of rotatable bonds is 6. The quantitative estimate of drug-likeness (QED) is 0.636. The number of aromatic nitrogens is 1. The molecule has 0 spiro atoms. The van der Waals surface area contributed by atoms with Gasteiger partial charge in [0, 0.05) is 12.0 Å². The molecule has 1 aromatic carbocycles. The van der Waals surface area contributed by atoms with Crippen LogP contribution in [0.15, 0.2) is 30.6 Å². The van der Waals surface area contributed by atoms with E-state index in [0.29, 0.717) is 34.0 Å². The Morgan fingerprint density at radius 2 is 1.87 bits per heavy atom. The first-order valence-corrected chi connectivity index (χ1v) is 7.77. The summed E-state index contributed by atoms with van der Waals surface area (Å²) in [4.78, 5) is 0. The van der Waals surface area contributed by atoms with Crippen LogP contribution in [0.1, 0.15) is 24.2 Å². The summed E-state index contributed by atoms with van der Waals surface area (Å²) in [6.07, 6.45) is 1.73. The zero-order valence-electron chi connectivity index (χ0n) is 12.8. The predicted molar refractivity (Wildman–Crippen MR) is 88.2 cm³/mol. The maximum Gasteiger partial charge on any atom is 0.199 e. The van der Waals surface area contributed by atoms with Gasteiger partial charge in [0.2, 0.25) is 0 Å². The van der Waals surface area contributed by atoms with Gasteiger partial charge in [-0.1, -0.05) is 29.3 Å². The Morgan fingerprint density at radius 3 is 2.43 bits per heavy atom. The van der Waals surface area contributed by atoms with Crippen LogP contribution in [0.5, 0.6) is 11.5 Å². The molecule has 23 heavy (non-hydrogen) atoms. The maximum atomic E-state index is 11.3. The highest BCUT2D eigenvalue weighted by atomic mass is 35.5. The van der Waals surface area contributed by atoms with E-state index in [1.54, 1.807) is 25.3 Å². The first kappa shape index (κ1) is 17.7. The number of hydrogen-bond acceptors (Lipinski definition) is 4. The molecule has 0 saturated heterocycles. The number of aliphatic hydroxyl groups is 1. The molecule has 7 heteroatoms. The highest BCUT2D eigenvalue weighted by molar-refractivity contribution is 6.35. The molecule has 0 saturated carbocycles. The van der Waals surface area contributed by atoms with E-state index in [4.69, 9.17) is 32.7 Å². The minimum atomic E-state index is -0.849. The number of methoxy groups -OCH3 is 1. The molecule has 1 unspecified atom stereocenters. The Labute approximate surface area is 144 Å². The van der Waals surface area contributed by atoms with Crippen LogP contribution in [-0.2, 0) is 6.42 Å². The van der Waals surface area contributed by atoms with E-state index in [1.165, 1.54) is 12.4 Å². The van der Waals surface area contributed by atoms with E-state index in [0.717, 1.165) is 0 Å². The molecule has 1 N–H and O–H groups in total. The Kier molecular flexibility index (Phi) is 5.93. The third-order valence-electron chi connectivity index (χ3n) is 3.33. The number of benzene rings is 1. The highest BCUT2D eigenvalue weighted by Gasteiger charge is 2.18.